The Morgan fingerprint density at radius 2 is 2.00 bits per heavy atom. The van der Waals surface area contributed by atoms with Crippen LogP contribution in [0, 0.1) is 12.3 Å². The van der Waals surface area contributed by atoms with Crippen LogP contribution in [-0.4, -0.2) is 51.5 Å². The zero-order valence-corrected chi connectivity index (χ0v) is 18.7. The largest absolute Gasteiger partial charge is 0.392 e. The molecule has 0 aliphatic carbocycles. The molecule has 3 atom stereocenters. The molecule has 1 aromatic heterocycles. The van der Waals surface area contributed by atoms with Gasteiger partial charge in [-0.15, -0.1) is 11.3 Å². The molecule has 0 spiro atoms. The Hall–Kier alpha value is -2.13. The van der Waals surface area contributed by atoms with E-state index in [9.17, 15) is 14.7 Å². The minimum Gasteiger partial charge on any atom is -0.392 e. The molecule has 30 heavy (non-hydrogen) atoms. The summed E-state index contributed by atoms with van der Waals surface area (Å²) in [6, 6.07) is 6.78. The predicted octanol–water partition coefficient (Wildman–Crippen LogP) is 2.07. The first-order valence-electron chi connectivity index (χ1n) is 10.1. The highest BCUT2D eigenvalue weighted by Crippen LogP contribution is 2.28. The quantitative estimate of drug-likeness (QED) is 0.670. The van der Waals surface area contributed by atoms with Gasteiger partial charge in [-0.25, -0.2) is 4.98 Å². The molecule has 2 heterocycles. The first-order valence-corrected chi connectivity index (χ1v) is 11.0. The van der Waals surface area contributed by atoms with Crippen molar-refractivity contribution < 1.29 is 14.7 Å². The highest BCUT2D eigenvalue weighted by atomic mass is 32.1. The van der Waals surface area contributed by atoms with E-state index in [4.69, 9.17) is 5.73 Å². The highest BCUT2D eigenvalue weighted by molar-refractivity contribution is 7.13. The van der Waals surface area contributed by atoms with E-state index in [0.29, 0.717) is 19.5 Å². The van der Waals surface area contributed by atoms with Gasteiger partial charge in [-0.1, -0.05) is 45.0 Å². The second-order valence-electron chi connectivity index (χ2n) is 9.00. The highest BCUT2D eigenvalue weighted by Gasteiger charge is 2.38. The van der Waals surface area contributed by atoms with Crippen LogP contribution in [0.5, 0.6) is 0 Å². The van der Waals surface area contributed by atoms with Gasteiger partial charge in [0.1, 0.15) is 0 Å². The minimum atomic E-state index is -0.788. The molecule has 4 N–H and O–H groups in total. The number of β-amino-alcohol motifs (C(OH)–C–C–N with tert-alkyl or cyclic N) is 1. The summed E-state index contributed by atoms with van der Waals surface area (Å²) < 4.78 is 0. The van der Waals surface area contributed by atoms with Gasteiger partial charge in [0.25, 0.3) is 0 Å². The summed E-state index contributed by atoms with van der Waals surface area (Å²) >= 11 is 1.61. The first-order chi connectivity index (χ1) is 14.1. The number of aryl methyl sites for hydroxylation is 1. The fraction of sp³-hybridized carbons (Fsp3) is 0.500. The molecule has 3 rings (SSSR count). The van der Waals surface area contributed by atoms with Crippen molar-refractivity contribution in [2.45, 2.75) is 58.8 Å². The molecule has 0 bridgehead atoms. The molecule has 8 heteroatoms. The van der Waals surface area contributed by atoms with Gasteiger partial charge in [-0.2, -0.15) is 0 Å². The van der Waals surface area contributed by atoms with Gasteiger partial charge < -0.3 is 10.8 Å². The standard InChI is InChI=1S/C22H30N4O3S/c1-13-18(30-12-24-13)15-7-5-14(6-8-15)10-26-11-16(27)9-17(26)20(28)25-21(29)19(23)22(2,3)4/h5-8,12,16-17,19,27H,9-11,23H2,1-4H3,(H,25,28,29)/t16-,17-,19-/m1/s1. The number of hydrogen-bond donors (Lipinski definition) is 3. The fourth-order valence-electron chi connectivity index (χ4n) is 3.58. The smallest absolute Gasteiger partial charge is 0.244 e. The maximum atomic E-state index is 12.7. The summed E-state index contributed by atoms with van der Waals surface area (Å²) in [6.07, 6.45) is -0.312. The van der Waals surface area contributed by atoms with Crippen molar-refractivity contribution in [2.75, 3.05) is 6.54 Å². The van der Waals surface area contributed by atoms with E-state index in [0.717, 1.165) is 21.7 Å². The number of nitrogens with two attached hydrogens (primary N) is 1. The molecule has 0 saturated carbocycles. The number of benzene rings is 1. The Bertz CT molecular complexity index is 904. The molecule has 1 aliphatic heterocycles. The maximum Gasteiger partial charge on any atom is 0.244 e. The molecule has 162 valence electrons. The number of carbonyl (C=O) groups excluding carboxylic acids is 2. The Morgan fingerprint density at radius 1 is 1.33 bits per heavy atom. The molecule has 1 aliphatic rings. The van der Waals surface area contributed by atoms with Gasteiger partial charge in [-0.3, -0.25) is 19.8 Å². The molecule has 1 fully saturated rings. The van der Waals surface area contributed by atoms with Crippen LogP contribution in [0.15, 0.2) is 29.8 Å². The van der Waals surface area contributed by atoms with Crippen molar-refractivity contribution in [2.24, 2.45) is 11.1 Å². The van der Waals surface area contributed by atoms with Crippen molar-refractivity contribution in [3.05, 3.63) is 41.0 Å². The zero-order chi connectivity index (χ0) is 22.1. The zero-order valence-electron chi connectivity index (χ0n) is 17.9. The molecule has 0 radical (unpaired) electrons. The number of imide groups is 1. The van der Waals surface area contributed by atoms with Crippen molar-refractivity contribution in [1.29, 1.82) is 0 Å². The first kappa shape index (κ1) is 22.6. The number of nitrogens with one attached hydrogen (secondary N) is 1. The number of nitrogens with zero attached hydrogens (tertiary/aromatic N) is 2. The Morgan fingerprint density at radius 3 is 2.57 bits per heavy atom. The van der Waals surface area contributed by atoms with E-state index in [-0.39, 0.29) is 0 Å². The Labute approximate surface area is 181 Å². The average Bonchev–Trinajstić information content (AvgIpc) is 3.26. The topological polar surface area (TPSA) is 109 Å². The van der Waals surface area contributed by atoms with E-state index >= 15 is 0 Å². The number of aliphatic hydroxyl groups is 1. The summed E-state index contributed by atoms with van der Waals surface area (Å²) in [5.41, 5.74) is 10.5. The average molecular weight is 431 g/mol. The second-order valence-corrected chi connectivity index (χ2v) is 9.85. The minimum absolute atomic E-state index is 0.294. The fourth-order valence-corrected chi connectivity index (χ4v) is 4.39. The number of hydrogen-bond acceptors (Lipinski definition) is 7. The van der Waals surface area contributed by atoms with Gasteiger partial charge in [0.15, 0.2) is 0 Å². The lowest BCUT2D eigenvalue weighted by Gasteiger charge is -2.27. The molecule has 2 amide bonds. The normalized spacial score (nSPS) is 20.9. The Kier molecular flexibility index (Phi) is 6.71. The lowest BCUT2D eigenvalue weighted by molar-refractivity contribution is -0.134. The number of rotatable bonds is 5. The number of thiazole rings is 1. The van der Waals surface area contributed by atoms with Gasteiger partial charge >= 0.3 is 0 Å². The lowest BCUT2D eigenvalue weighted by atomic mass is 9.87. The molecular formula is C22H30N4O3S. The molecule has 7 nitrogen and oxygen atoms in total. The van der Waals surface area contributed by atoms with Crippen LogP contribution in [-0.2, 0) is 16.1 Å². The van der Waals surface area contributed by atoms with Gasteiger partial charge in [0.05, 0.1) is 34.3 Å². The second kappa shape index (κ2) is 8.93. The van der Waals surface area contributed by atoms with Crippen LogP contribution in [0.1, 0.15) is 38.4 Å². The number of aromatic nitrogens is 1. The van der Waals surface area contributed by atoms with Crippen LogP contribution in [0.2, 0.25) is 0 Å². The van der Waals surface area contributed by atoms with Crippen molar-refractivity contribution >= 4 is 23.2 Å². The van der Waals surface area contributed by atoms with E-state index in [1.807, 2.05) is 62.4 Å². The third-order valence-electron chi connectivity index (χ3n) is 5.49. The number of carbonyl (C=O) groups is 2. The van der Waals surface area contributed by atoms with E-state index < -0.39 is 35.4 Å². The van der Waals surface area contributed by atoms with Crippen LogP contribution in [0.25, 0.3) is 10.4 Å². The Balaban J connectivity index is 1.67. The number of amides is 2. The van der Waals surface area contributed by atoms with Crippen LogP contribution >= 0.6 is 11.3 Å². The molecular weight excluding hydrogens is 400 g/mol. The van der Waals surface area contributed by atoms with Crippen LogP contribution in [0.4, 0.5) is 0 Å². The number of likely N-dealkylation sites (tertiary alicyclic amines) is 1. The molecule has 2 aromatic rings. The van der Waals surface area contributed by atoms with Gasteiger partial charge in [0, 0.05) is 13.1 Å². The van der Waals surface area contributed by atoms with Crippen molar-refractivity contribution in [3.63, 3.8) is 0 Å². The summed E-state index contributed by atoms with van der Waals surface area (Å²) in [6.45, 7) is 8.44. The lowest BCUT2D eigenvalue weighted by Crippen LogP contribution is -2.53. The van der Waals surface area contributed by atoms with Crippen LogP contribution < -0.4 is 11.1 Å². The summed E-state index contributed by atoms with van der Waals surface area (Å²) in [7, 11) is 0. The van der Waals surface area contributed by atoms with E-state index in [2.05, 4.69) is 10.3 Å². The summed E-state index contributed by atoms with van der Waals surface area (Å²) in [4.78, 5) is 32.4. The third kappa shape index (κ3) is 5.13. The molecule has 1 aromatic carbocycles. The third-order valence-corrected chi connectivity index (χ3v) is 6.47. The summed E-state index contributed by atoms with van der Waals surface area (Å²) in [5, 5.41) is 12.6. The monoisotopic (exact) mass is 430 g/mol. The molecule has 0 unspecified atom stereocenters. The molecule has 1 saturated heterocycles. The van der Waals surface area contributed by atoms with E-state index in [1.54, 1.807) is 11.3 Å². The SMILES string of the molecule is Cc1ncsc1-c1ccc(CN2C[C@H](O)C[C@@H]2C(=O)NC(=O)[C@@H](N)C(C)(C)C)cc1. The van der Waals surface area contributed by atoms with Gasteiger partial charge in [-0.05, 0) is 29.9 Å². The van der Waals surface area contributed by atoms with Crippen LogP contribution in [0.3, 0.4) is 0 Å². The summed E-state index contributed by atoms with van der Waals surface area (Å²) in [5.74, 6) is -0.897. The van der Waals surface area contributed by atoms with E-state index in [1.165, 1.54) is 0 Å². The maximum absolute atomic E-state index is 12.7. The van der Waals surface area contributed by atoms with Crippen molar-refractivity contribution in [1.82, 2.24) is 15.2 Å². The van der Waals surface area contributed by atoms with Gasteiger partial charge in [0.2, 0.25) is 11.8 Å². The predicted molar refractivity (Wildman–Crippen MR) is 118 cm³/mol. The number of aliphatic hydroxyl groups excluding tert-OH is 1. The van der Waals surface area contributed by atoms with Crippen molar-refractivity contribution in [3.8, 4) is 10.4 Å².